The monoisotopic (exact) mass is 498 g/mol. The molecule has 9 nitrogen and oxygen atoms in total. The first-order chi connectivity index (χ1) is 15.7. The SMILES string of the molecule is CC=COC(=O)C1(S(=O)(=O)C(C)(C)C)C=CC=CC1C[C@H](N)C(=O)N[C@@H](CC(C)C)C(=O)OC. The third-order valence-corrected chi connectivity index (χ3v) is 8.69. The predicted octanol–water partition coefficient (Wildman–Crippen LogP) is 2.18. The van der Waals surface area contributed by atoms with Crippen LogP contribution in [0.15, 0.2) is 36.6 Å². The zero-order chi connectivity index (χ0) is 26.3. The molecule has 0 aliphatic heterocycles. The van der Waals surface area contributed by atoms with Crippen molar-refractivity contribution in [2.45, 2.75) is 76.0 Å². The van der Waals surface area contributed by atoms with Crippen LogP contribution in [-0.4, -0.2) is 55.0 Å². The molecule has 0 saturated heterocycles. The van der Waals surface area contributed by atoms with E-state index >= 15 is 0 Å². The van der Waals surface area contributed by atoms with Gasteiger partial charge in [-0.25, -0.2) is 18.0 Å². The molecule has 1 aliphatic rings. The standard InChI is InChI=1S/C24H38N2O7S/c1-8-13-33-22(29)24(34(30,31)23(4,5)6)12-10-9-11-17(24)15-18(25)20(27)26-19(14-16(2)3)21(28)32-7/h8-13,16-19H,14-15,25H2,1-7H3,(H,26,27)/t17?,18-,19-,24?/m0/s1. The number of allylic oxidation sites excluding steroid dienone is 4. The molecule has 192 valence electrons. The number of carbonyl (C=O) groups excluding carboxylic acids is 3. The number of hydrogen-bond donors (Lipinski definition) is 2. The summed E-state index contributed by atoms with van der Waals surface area (Å²) in [6.07, 6.45) is 8.66. The Morgan fingerprint density at radius 3 is 2.32 bits per heavy atom. The van der Waals surface area contributed by atoms with Crippen molar-refractivity contribution in [3.8, 4) is 0 Å². The zero-order valence-electron chi connectivity index (χ0n) is 21.0. The quantitative estimate of drug-likeness (QED) is 0.345. The smallest absolute Gasteiger partial charge is 0.336 e. The van der Waals surface area contributed by atoms with Crippen molar-refractivity contribution in [1.29, 1.82) is 0 Å². The fraction of sp³-hybridized carbons (Fsp3) is 0.625. The number of nitrogens with one attached hydrogen (secondary N) is 1. The summed E-state index contributed by atoms with van der Waals surface area (Å²) in [5, 5.41) is 2.59. The summed E-state index contributed by atoms with van der Waals surface area (Å²) in [5.41, 5.74) is 6.16. The summed E-state index contributed by atoms with van der Waals surface area (Å²) in [6.45, 7) is 9.90. The van der Waals surface area contributed by atoms with Gasteiger partial charge in [-0.05, 0) is 46.5 Å². The Bertz CT molecular complexity index is 945. The van der Waals surface area contributed by atoms with Crippen LogP contribution in [0.1, 0.15) is 54.4 Å². The number of esters is 2. The van der Waals surface area contributed by atoms with Crippen LogP contribution in [0, 0.1) is 11.8 Å². The normalized spacial score (nSPS) is 22.4. The van der Waals surface area contributed by atoms with E-state index in [9.17, 15) is 22.8 Å². The number of nitrogens with two attached hydrogens (primary N) is 1. The van der Waals surface area contributed by atoms with Gasteiger partial charge < -0.3 is 20.5 Å². The molecule has 1 amide bonds. The summed E-state index contributed by atoms with van der Waals surface area (Å²) in [6, 6.07) is -2.10. The van der Waals surface area contributed by atoms with Gasteiger partial charge in [0.1, 0.15) is 6.04 Å². The first-order valence-electron chi connectivity index (χ1n) is 11.2. The van der Waals surface area contributed by atoms with E-state index in [0.29, 0.717) is 6.42 Å². The highest BCUT2D eigenvalue weighted by Crippen LogP contribution is 2.42. The topological polar surface area (TPSA) is 142 Å². The Balaban J connectivity index is 3.35. The summed E-state index contributed by atoms with van der Waals surface area (Å²) in [4.78, 5) is 38.2. The minimum Gasteiger partial charge on any atom is -0.467 e. The Labute approximate surface area is 202 Å². The van der Waals surface area contributed by atoms with E-state index in [1.54, 1.807) is 19.1 Å². The Morgan fingerprint density at radius 1 is 1.21 bits per heavy atom. The van der Waals surface area contributed by atoms with Gasteiger partial charge in [-0.3, -0.25) is 4.79 Å². The first kappa shape index (κ1) is 29.6. The maximum absolute atomic E-state index is 13.7. The highest BCUT2D eigenvalue weighted by molar-refractivity contribution is 7.95. The van der Waals surface area contributed by atoms with Crippen LogP contribution < -0.4 is 11.1 Å². The lowest BCUT2D eigenvalue weighted by Gasteiger charge is -2.40. The van der Waals surface area contributed by atoms with Crippen LogP contribution in [0.2, 0.25) is 0 Å². The minimum absolute atomic E-state index is 0.0954. The summed E-state index contributed by atoms with van der Waals surface area (Å²) in [7, 11) is -2.95. The first-order valence-corrected chi connectivity index (χ1v) is 12.7. The molecule has 0 aromatic carbocycles. The van der Waals surface area contributed by atoms with E-state index < -0.39 is 55.2 Å². The van der Waals surface area contributed by atoms with Gasteiger partial charge in [0.15, 0.2) is 14.6 Å². The van der Waals surface area contributed by atoms with E-state index in [4.69, 9.17) is 15.2 Å². The number of sulfone groups is 1. The lowest BCUT2D eigenvalue weighted by Crippen LogP contribution is -2.59. The molecule has 4 atom stereocenters. The second-order valence-electron chi connectivity index (χ2n) is 9.69. The molecule has 0 bridgehead atoms. The second kappa shape index (κ2) is 11.8. The van der Waals surface area contributed by atoms with Crippen LogP contribution in [-0.2, 0) is 33.7 Å². The van der Waals surface area contributed by atoms with E-state index in [2.05, 4.69) is 5.32 Å². The summed E-state index contributed by atoms with van der Waals surface area (Å²) < 4.78 is 33.9. The van der Waals surface area contributed by atoms with Gasteiger partial charge >= 0.3 is 11.9 Å². The molecule has 10 heteroatoms. The van der Waals surface area contributed by atoms with Crippen LogP contribution >= 0.6 is 0 Å². The van der Waals surface area contributed by atoms with Gasteiger partial charge in [-0.15, -0.1) is 0 Å². The lowest BCUT2D eigenvalue weighted by atomic mass is 9.82. The van der Waals surface area contributed by atoms with Gasteiger partial charge in [-0.1, -0.05) is 44.2 Å². The Morgan fingerprint density at radius 2 is 1.82 bits per heavy atom. The fourth-order valence-electron chi connectivity index (χ4n) is 3.75. The molecule has 1 rings (SSSR count). The number of rotatable bonds is 10. The van der Waals surface area contributed by atoms with Gasteiger partial charge in [-0.2, -0.15) is 0 Å². The molecular formula is C24H38N2O7S. The van der Waals surface area contributed by atoms with Gasteiger partial charge in [0.05, 0.1) is 24.2 Å². The number of amides is 1. The molecule has 0 heterocycles. The lowest BCUT2D eigenvalue weighted by molar-refractivity contribution is -0.145. The average Bonchev–Trinajstić information content (AvgIpc) is 2.75. The van der Waals surface area contributed by atoms with E-state index in [1.807, 2.05) is 13.8 Å². The van der Waals surface area contributed by atoms with Crippen molar-refractivity contribution in [2.75, 3.05) is 7.11 Å². The summed E-state index contributed by atoms with van der Waals surface area (Å²) >= 11 is 0. The van der Waals surface area contributed by atoms with Crippen LogP contribution in [0.3, 0.4) is 0 Å². The van der Waals surface area contributed by atoms with Gasteiger partial charge in [0.2, 0.25) is 5.91 Å². The molecule has 0 saturated carbocycles. The maximum Gasteiger partial charge on any atom is 0.336 e. The number of hydrogen-bond acceptors (Lipinski definition) is 8. The Hall–Kier alpha value is -2.46. The molecule has 0 aromatic rings. The van der Waals surface area contributed by atoms with E-state index in [0.717, 1.165) is 6.26 Å². The number of carbonyl (C=O) groups is 3. The fourth-order valence-corrected chi connectivity index (χ4v) is 5.86. The number of methoxy groups -OCH3 is 1. The van der Waals surface area contributed by atoms with Crippen molar-refractivity contribution in [1.82, 2.24) is 5.32 Å². The molecular weight excluding hydrogens is 460 g/mol. The number of ether oxygens (including phenoxy) is 2. The van der Waals surface area contributed by atoms with E-state index in [1.165, 1.54) is 46.1 Å². The Kier molecular flexibility index (Phi) is 10.3. The third kappa shape index (κ3) is 6.35. The molecule has 0 fully saturated rings. The molecule has 1 aliphatic carbocycles. The van der Waals surface area contributed by atoms with Crippen molar-refractivity contribution in [3.05, 3.63) is 36.6 Å². The molecule has 0 radical (unpaired) electrons. The summed E-state index contributed by atoms with van der Waals surface area (Å²) in [5.74, 6) is -3.12. The van der Waals surface area contributed by atoms with Crippen molar-refractivity contribution in [2.24, 2.45) is 17.6 Å². The van der Waals surface area contributed by atoms with E-state index in [-0.39, 0.29) is 12.3 Å². The highest BCUT2D eigenvalue weighted by Gasteiger charge is 2.59. The van der Waals surface area contributed by atoms with Crippen LogP contribution in [0.4, 0.5) is 0 Å². The zero-order valence-corrected chi connectivity index (χ0v) is 21.8. The third-order valence-electron chi connectivity index (χ3n) is 5.58. The molecule has 0 spiro atoms. The molecule has 0 aromatic heterocycles. The van der Waals surface area contributed by atoms with Crippen molar-refractivity contribution in [3.63, 3.8) is 0 Å². The molecule has 3 N–H and O–H groups in total. The van der Waals surface area contributed by atoms with Crippen LogP contribution in [0.5, 0.6) is 0 Å². The van der Waals surface area contributed by atoms with Gasteiger partial charge in [0, 0.05) is 5.92 Å². The van der Waals surface area contributed by atoms with Gasteiger partial charge in [0.25, 0.3) is 0 Å². The average molecular weight is 499 g/mol. The maximum atomic E-state index is 13.7. The van der Waals surface area contributed by atoms with Crippen molar-refractivity contribution < 1.29 is 32.3 Å². The largest absolute Gasteiger partial charge is 0.467 e. The predicted molar refractivity (Wildman–Crippen MR) is 130 cm³/mol. The molecule has 2 unspecified atom stereocenters. The second-order valence-corrected chi connectivity index (χ2v) is 12.6. The molecule has 34 heavy (non-hydrogen) atoms. The van der Waals surface area contributed by atoms with Crippen LogP contribution in [0.25, 0.3) is 0 Å². The minimum atomic E-state index is -4.18. The highest BCUT2D eigenvalue weighted by atomic mass is 32.2. The van der Waals surface area contributed by atoms with Crippen molar-refractivity contribution >= 4 is 27.7 Å².